The highest BCUT2D eigenvalue weighted by atomic mass is 35.5. The molecule has 0 saturated carbocycles. The molecule has 6 heteroatoms. The summed E-state index contributed by atoms with van der Waals surface area (Å²) in [5.74, 6) is 1.17. The SMILES string of the molecule is CC(=O)NCc1cc2cc(Cl)c(-c3cnc(C)o3)cc2[nH]1. The average molecular weight is 304 g/mol. The molecule has 5 nitrogen and oxygen atoms in total. The fourth-order valence-corrected chi connectivity index (χ4v) is 2.47. The molecule has 2 aromatic heterocycles. The molecule has 1 amide bonds. The first-order valence-corrected chi connectivity index (χ1v) is 6.89. The van der Waals surface area contributed by atoms with Crippen molar-refractivity contribution in [3.8, 4) is 11.3 Å². The number of carbonyl (C=O) groups excluding carboxylic acids is 1. The molecule has 0 aliphatic heterocycles. The number of hydrogen-bond acceptors (Lipinski definition) is 3. The van der Waals surface area contributed by atoms with Gasteiger partial charge in [-0.3, -0.25) is 4.79 Å². The van der Waals surface area contributed by atoms with Crippen LogP contribution in [0.5, 0.6) is 0 Å². The summed E-state index contributed by atoms with van der Waals surface area (Å²) in [7, 11) is 0. The predicted octanol–water partition coefficient (Wildman–Crippen LogP) is 3.42. The number of hydrogen-bond donors (Lipinski definition) is 2. The number of fused-ring (bicyclic) bond motifs is 1. The van der Waals surface area contributed by atoms with Crippen LogP contribution in [0, 0.1) is 6.92 Å². The van der Waals surface area contributed by atoms with E-state index in [1.165, 1.54) is 6.92 Å². The maximum absolute atomic E-state index is 11.0. The fourth-order valence-electron chi connectivity index (χ4n) is 2.20. The van der Waals surface area contributed by atoms with Crippen molar-refractivity contribution in [2.24, 2.45) is 0 Å². The normalized spacial score (nSPS) is 11.0. The third-order valence-corrected chi connectivity index (χ3v) is 3.49. The third-order valence-electron chi connectivity index (χ3n) is 3.18. The molecule has 108 valence electrons. The standard InChI is InChI=1S/C15H14ClN3O2/c1-8(20)17-6-11-3-10-4-13(16)12(5-14(10)19-11)15-7-18-9(2)21-15/h3-5,7,19H,6H2,1-2H3,(H,17,20). The van der Waals surface area contributed by atoms with Crippen LogP contribution < -0.4 is 5.32 Å². The van der Waals surface area contributed by atoms with Crippen molar-refractivity contribution in [3.63, 3.8) is 0 Å². The van der Waals surface area contributed by atoms with Gasteiger partial charge in [-0.15, -0.1) is 0 Å². The lowest BCUT2D eigenvalue weighted by Crippen LogP contribution is -2.18. The number of benzene rings is 1. The van der Waals surface area contributed by atoms with Gasteiger partial charge in [0.1, 0.15) is 0 Å². The predicted molar refractivity (Wildman–Crippen MR) is 81.1 cm³/mol. The van der Waals surface area contributed by atoms with Gasteiger partial charge in [-0.05, 0) is 18.2 Å². The topological polar surface area (TPSA) is 70.9 Å². The summed E-state index contributed by atoms with van der Waals surface area (Å²) in [5, 5.41) is 4.34. The zero-order chi connectivity index (χ0) is 15.0. The van der Waals surface area contributed by atoms with Gasteiger partial charge in [0.15, 0.2) is 11.7 Å². The van der Waals surface area contributed by atoms with E-state index in [1.54, 1.807) is 13.1 Å². The van der Waals surface area contributed by atoms with Crippen molar-refractivity contribution in [2.45, 2.75) is 20.4 Å². The van der Waals surface area contributed by atoms with Crippen LogP contribution in [-0.4, -0.2) is 15.9 Å². The van der Waals surface area contributed by atoms with Crippen LogP contribution in [0.1, 0.15) is 18.5 Å². The fraction of sp³-hybridized carbons (Fsp3) is 0.200. The van der Waals surface area contributed by atoms with Gasteiger partial charge < -0.3 is 14.7 Å². The van der Waals surface area contributed by atoms with Crippen molar-refractivity contribution in [1.82, 2.24) is 15.3 Å². The van der Waals surface area contributed by atoms with Gasteiger partial charge in [-0.1, -0.05) is 11.6 Å². The van der Waals surface area contributed by atoms with Crippen LogP contribution in [-0.2, 0) is 11.3 Å². The lowest BCUT2D eigenvalue weighted by molar-refractivity contribution is -0.119. The molecular formula is C15H14ClN3O2. The van der Waals surface area contributed by atoms with Crippen LogP contribution in [0.4, 0.5) is 0 Å². The number of amides is 1. The maximum Gasteiger partial charge on any atom is 0.217 e. The van der Waals surface area contributed by atoms with Gasteiger partial charge >= 0.3 is 0 Å². The van der Waals surface area contributed by atoms with Crippen LogP contribution in [0.2, 0.25) is 5.02 Å². The van der Waals surface area contributed by atoms with Gasteiger partial charge in [0.2, 0.25) is 5.91 Å². The molecule has 0 fully saturated rings. The van der Waals surface area contributed by atoms with Crippen LogP contribution >= 0.6 is 11.6 Å². The molecule has 0 unspecified atom stereocenters. The van der Waals surface area contributed by atoms with Crippen molar-refractivity contribution in [1.29, 1.82) is 0 Å². The first-order chi connectivity index (χ1) is 10.0. The second kappa shape index (κ2) is 5.26. The Morgan fingerprint density at radius 3 is 2.90 bits per heavy atom. The van der Waals surface area contributed by atoms with E-state index < -0.39 is 0 Å². The number of aryl methyl sites for hydroxylation is 1. The summed E-state index contributed by atoms with van der Waals surface area (Å²) in [5.41, 5.74) is 2.64. The van der Waals surface area contributed by atoms with Gasteiger partial charge in [-0.25, -0.2) is 4.98 Å². The highest BCUT2D eigenvalue weighted by Gasteiger charge is 2.11. The number of aromatic nitrogens is 2. The molecule has 1 aromatic carbocycles. The van der Waals surface area contributed by atoms with Gasteiger partial charge in [0, 0.05) is 36.0 Å². The van der Waals surface area contributed by atoms with E-state index in [0.29, 0.717) is 23.2 Å². The first-order valence-electron chi connectivity index (χ1n) is 6.51. The second-order valence-corrected chi connectivity index (χ2v) is 5.27. The van der Waals surface area contributed by atoms with E-state index in [9.17, 15) is 4.79 Å². The molecule has 3 rings (SSSR count). The smallest absolute Gasteiger partial charge is 0.217 e. The number of aromatic amines is 1. The third kappa shape index (κ3) is 2.78. The average Bonchev–Trinajstić information content (AvgIpc) is 3.01. The first kappa shape index (κ1) is 13.7. The van der Waals surface area contributed by atoms with Gasteiger partial charge in [0.25, 0.3) is 0 Å². The van der Waals surface area contributed by atoms with E-state index in [2.05, 4.69) is 15.3 Å². The molecule has 0 spiro atoms. The van der Waals surface area contributed by atoms with Gasteiger partial charge in [-0.2, -0.15) is 0 Å². The summed E-state index contributed by atoms with van der Waals surface area (Å²) in [6.07, 6.45) is 1.66. The number of H-pyrrole nitrogens is 1. The maximum atomic E-state index is 11.0. The summed E-state index contributed by atoms with van der Waals surface area (Å²) < 4.78 is 5.52. The molecule has 21 heavy (non-hydrogen) atoms. The van der Waals surface area contributed by atoms with Crippen molar-refractivity contribution in [2.75, 3.05) is 0 Å². The van der Waals surface area contributed by atoms with Crippen LogP contribution in [0.15, 0.2) is 28.8 Å². The molecule has 0 aliphatic carbocycles. The molecule has 3 aromatic rings. The Hall–Kier alpha value is -2.27. The summed E-state index contributed by atoms with van der Waals surface area (Å²) in [4.78, 5) is 18.3. The summed E-state index contributed by atoms with van der Waals surface area (Å²) in [6.45, 7) is 3.73. The van der Waals surface area contributed by atoms with E-state index in [0.717, 1.165) is 22.2 Å². The lowest BCUT2D eigenvalue weighted by Gasteiger charge is -2.00. The Morgan fingerprint density at radius 1 is 1.43 bits per heavy atom. The quantitative estimate of drug-likeness (QED) is 0.779. The summed E-state index contributed by atoms with van der Waals surface area (Å²) >= 11 is 6.31. The van der Waals surface area contributed by atoms with Crippen molar-refractivity contribution in [3.05, 3.63) is 41.0 Å². The number of carbonyl (C=O) groups is 1. The molecule has 0 aliphatic rings. The molecule has 0 bridgehead atoms. The number of rotatable bonds is 3. The minimum absolute atomic E-state index is 0.0653. The highest BCUT2D eigenvalue weighted by molar-refractivity contribution is 6.34. The Labute approximate surface area is 126 Å². The van der Waals surface area contributed by atoms with Crippen molar-refractivity contribution < 1.29 is 9.21 Å². The summed E-state index contributed by atoms with van der Waals surface area (Å²) in [6, 6.07) is 5.76. The number of oxazole rings is 1. The zero-order valence-electron chi connectivity index (χ0n) is 11.7. The Balaban J connectivity index is 2.00. The lowest BCUT2D eigenvalue weighted by atomic mass is 10.1. The number of halogens is 1. The van der Waals surface area contributed by atoms with Crippen LogP contribution in [0.3, 0.4) is 0 Å². The largest absolute Gasteiger partial charge is 0.441 e. The minimum atomic E-state index is -0.0653. The van der Waals surface area contributed by atoms with E-state index >= 15 is 0 Å². The second-order valence-electron chi connectivity index (χ2n) is 4.87. The van der Waals surface area contributed by atoms with E-state index in [4.69, 9.17) is 16.0 Å². The minimum Gasteiger partial charge on any atom is -0.441 e. The molecule has 2 heterocycles. The number of nitrogens with zero attached hydrogens (tertiary/aromatic N) is 1. The highest BCUT2D eigenvalue weighted by Crippen LogP contribution is 2.32. The molecular weight excluding hydrogens is 290 g/mol. The van der Waals surface area contributed by atoms with Crippen molar-refractivity contribution >= 4 is 28.4 Å². The van der Waals surface area contributed by atoms with Gasteiger partial charge in [0.05, 0.1) is 17.8 Å². The Morgan fingerprint density at radius 2 is 2.24 bits per heavy atom. The Kier molecular flexibility index (Phi) is 3.43. The van der Waals surface area contributed by atoms with E-state index in [1.807, 2.05) is 18.2 Å². The molecule has 0 radical (unpaired) electrons. The zero-order valence-corrected chi connectivity index (χ0v) is 12.4. The van der Waals surface area contributed by atoms with Crippen LogP contribution in [0.25, 0.3) is 22.2 Å². The monoisotopic (exact) mass is 303 g/mol. The molecule has 0 saturated heterocycles. The Bertz CT molecular complexity index is 820. The number of nitrogens with one attached hydrogen (secondary N) is 2. The molecule has 2 N–H and O–H groups in total. The van der Waals surface area contributed by atoms with E-state index in [-0.39, 0.29) is 5.91 Å². The molecule has 0 atom stereocenters.